The van der Waals surface area contributed by atoms with Crippen LogP contribution in [0.2, 0.25) is 0 Å². The molecule has 0 bridgehead atoms. The van der Waals surface area contributed by atoms with Gasteiger partial charge in [0, 0.05) is 37.3 Å². The summed E-state index contributed by atoms with van der Waals surface area (Å²) in [4.78, 5) is 38.3. The lowest BCUT2D eigenvalue weighted by Crippen LogP contribution is -2.50. The van der Waals surface area contributed by atoms with E-state index < -0.39 is 0 Å². The molecule has 1 aliphatic heterocycles. The van der Waals surface area contributed by atoms with E-state index in [2.05, 4.69) is 9.97 Å². The second-order valence-corrected chi connectivity index (χ2v) is 7.41. The highest BCUT2D eigenvalue weighted by atomic mass is 16.5. The number of fused-ring (bicyclic) bond motifs is 1. The van der Waals surface area contributed by atoms with Gasteiger partial charge in [-0.1, -0.05) is 0 Å². The number of piperazine rings is 1. The number of aryl methyl sites for hydroxylation is 2. The summed E-state index contributed by atoms with van der Waals surface area (Å²) in [5.41, 5.74) is 4.46. The van der Waals surface area contributed by atoms with Gasteiger partial charge in [-0.05, 0) is 56.3 Å². The zero-order chi connectivity index (χ0) is 21.3. The van der Waals surface area contributed by atoms with Gasteiger partial charge in [0.05, 0.1) is 29.5 Å². The van der Waals surface area contributed by atoms with Crippen LogP contribution in [0.3, 0.4) is 0 Å². The molecule has 0 spiro atoms. The number of aromatic nitrogens is 2. The predicted octanol–water partition coefficient (Wildman–Crippen LogP) is 2.85. The molecule has 2 heterocycles. The fourth-order valence-corrected chi connectivity index (χ4v) is 3.58. The molecule has 1 aliphatic rings. The number of rotatable bonds is 3. The van der Waals surface area contributed by atoms with Crippen LogP contribution < -0.4 is 4.74 Å². The Bertz CT molecular complexity index is 1100. The molecule has 3 aromatic rings. The van der Waals surface area contributed by atoms with Crippen molar-refractivity contribution in [3.05, 3.63) is 65.0 Å². The molecule has 0 N–H and O–H groups in total. The molecule has 0 radical (unpaired) electrons. The summed E-state index contributed by atoms with van der Waals surface area (Å²) in [5, 5.41) is 0. The minimum atomic E-state index is -0.0477. The first-order valence-electron chi connectivity index (χ1n) is 9.94. The van der Waals surface area contributed by atoms with Crippen molar-refractivity contribution in [3.63, 3.8) is 0 Å². The molecule has 2 amide bonds. The van der Waals surface area contributed by atoms with Crippen LogP contribution in [0.1, 0.15) is 32.1 Å². The third-order valence-electron chi connectivity index (χ3n) is 5.51. The van der Waals surface area contributed by atoms with Crippen molar-refractivity contribution in [3.8, 4) is 5.75 Å². The number of amides is 2. The first-order valence-corrected chi connectivity index (χ1v) is 9.94. The van der Waals surface area contributed by atoms with Crippen molar-refractivity contribution in [2.75, 3.05) is 33.3 Å². The first-order chi connectivity index (χ1) is 14.5. The van der Waals surface area contributed by atoms with Crippen LogP contribution in [0.15, 0.2) is 42.5 Å². The molecule has 30 heavy (non-hydrogen) atoms. The smallest absolute Gasteiger partial charge is 0.254 e. The third kappa shape index (κ3) is 3.83. The van der Waals surface area contributed by atoms with Crippen LogP contribution in [0, 0.1) is 13.8 Å². The van der Waals surface area contributed by atoms with E-state index in [0.29, 0.717) is 43.1 Å². The summed E-state index contributed by atoms with van der Waals surface area (Å²) in [6.45, 7) is 5.84. The number of methoxy groups -OCH3 is 1. The quantitative estimate of drug-likeness (QED) is 0.671. The zero-order valence-corrected chi connectivity index (χ0v) is 17.4. The van der Waals surface area contributed by atoms with E-state index in [4.69, 9.17) is 4.74 Å². The van der Waals surface area contributed by atoms with E-state index in [1.165, 1.54) is 0 Å². The molecular formula is C23H24N4O3. The maximum absolute atomic E-state index is 13.0. The fourth-order valence-electron chi connectivity index (χ4n) is 3.58. The topological polar surface area (TPSA) is 75.6 Å². The SMILES string of the molecule is COc1ccc(C(=O)N2CCN(C(=O)c3ccc4nc(C)c(C)nc4c3)CC2)cc1. The summed E-state index contributed by atoms with van der Waals surface area (Å²) in [5.74, 6) is 0.637. The Morgan fingerprint density at radius 1 is 0.767 bits per heavy atom. The fraction of sp³-hybridized carbons (Fsp3) is 0.304. The van der Waals surface area contributed by atoms with Crippen molar-refractivity contribution >= 4 is 22.8 Å². The number of hydrogen-bond donors (Lipinski definition) is 0. The second kappa shape index (κ2) is 8.10. The standard InChI is InChI=1S/C23H24N4O3/c1-15-16(2)25-21-14-18(6-9-20(21)24-15)23(29)27-12-10-26(11-13-27)22(28)17-4-7-19(30-3)8-5-17/h4-9,14H,10-13H2,1-3H3. The maximum atomic E-state index is 13.0. The van der Waals surface area contributed by atoms with E-state index in [0.717, 1.165) is 22.4 Å². The Kier molecular flexibility index (Phi) is 5.35. The van der Waals surface area contributed by atoms with Crippen LogP contribution in [0.25, 0.3) is 11.0 Å². The van der Waals surface area contributed by atoms with Crippen molar-refractivity contribution in [2.45, 2.75) is 13.8 Å². The number of carbonyl (C=O) groups excluding carboxylic acids is 2. The maximum Gasteiger partial charge on any atom is 0.254 e. The van der Waals surface area contributed by atoms with Crippen molar-refractivity contribution in [2.24, 2.45) is 0 Å². The van der Waals surface area contributed by atoms with E-state index in [1.807, 2.05) is 19.9 Å². The van der Waals surface area contributed by atoms with E-state index in [-0.39, 0.29) is 11.8 Å². The second-order valence-electron chi connectivity index (χ2n) is 7.41. The van der Waals surface area contributed by atoms with Gasteiger partial charge in [0.25, 0.3) is 11.8 Å². The number of benzene rings is 2. The number of carbonyl (C=O) groups is 2. The van der Waals surface area contributed by atoms with E-state index in [1.54, 1.807) is 53.3 Å². The Morgan fingerprint density at radius 3 is 1.83 bits per heavy atom. The van der Waals surface area contributed by atoms with Gasteiger partial charge >= 0.3 is 0 Å². The molecule has 0 aliphatic carbocycles. The largest absolute Gasteiger partial charge is 0.497 e. The monoisotopic (exact) mass is 404 g/mol. The minimum Gasteiger partial charge on any atom is -0.497 e. The summed E-state index contributed by atoms with van der Waals surface area (Å²) in [7, 11) is 1.59. The van der Waals surface area contributed by atoms with Crippen molar-refractivity contribution in [1.29, 1.82) is 0 Å². The molecule has 0 unspecified atom stereocenters. The average Bonchev–Trinajstić information content (AvgIpc) is 2.79. The van der Waals surface area contributed by atoms with Gasteiger partial charge < -0.3 is 14.5 Å². The lowest BCUT2D eigenvalue weighted by atomic mass is 10.1. The van der Waals surface area contributed by atoms with Gasteiger partial charge in [-0.2, -0.15) is 0 Å². The lowest BCUT2D eigenvalue weighted by Gasteiger charge is -2.35. The molecule has 0 atom stereocenters. The Morgan fingerprint density at radius 2 is 1.27 bits per heavy atom. The van der Waals surface area contributed by atoms with Gasteiger partial charge in [-0.3, -0.25) is 9.59 Å². The summed E-state index contributed by atoms with van der Waals surface area (Å²) in [6.07, 6.45) is 0. The molecule has 7 nitrogen and oxygen atoms in total. The summed E-state index contributed by atoms with van der Waals surface area (Å²) < 4.78 is 5.14. The third-order valence-corrected chi connectivity index (χ3v) is 5.51. The molecule has 1 aromatic heterocycles. The molecule has 7 heteroatoms. The van der Waals surface area contributed by atoms with Crippen molar-refractivity contribution in [1.82, 2.24) is 19.8 Å². The van der Waals surface area contributed by atoms with Gasteiger partial charge in [0.2, 0.25) is 0 Å². The molecule has 1 fully saturated rings. The summed E-state index contributed by atoms with van der Waals surface area (Å²) >= 11 is 0. The minimum absolute atomic E-state index is 0.0309. The van der Waals surface area contributed by atoms with Crippen LogP contribution in [-0.4, -0.2) is 64.9 Å². The normalized spacial score (nSPS) is 14.1. The lowest BCUT2D eigenvalue weighted by molar-refractivity contribution is 0.0535. The Labute approximate surface area is 175 Å². The predicted molar refractivity (Wildman–Crippen MR) is 114 cm³/mol. The molecule has 4 rings (SSSR count). The highest BCUT2D eigenvalue weighted by Crippen LogP contribution is 2.18. The van der Waals surface area contributed by atoms with Crippen LogP contribution in [0.4, 0.5) is 0 Å². The van der Waals surface area contributed by atoms with E-state index >= 15 is 0 Å². The van der Waals surface area contributed by atoms with Crippen LogP contribution in [-0.2, 0) is 0 Å². The van der Waals surface area contributed by atoms with Crippen molar-refractivity contribution < 1.29 is 14.3 Å². The molecule has 154 valence electrons. The highest BCUT2D eigenvalue weighted by molar-refractivity contribution is 5.98. The van der Waals surface area contributed by atoms with Gasteiger partial charge in [0.15, 0.2) is 0 Å². The number of ether oxygens (including phenoxy) is 1. The van der Waals surface area contributed by atoms with Gasteiger partial charge in [-0.25, -0.2) is 9.97 Å². The highest BCUT2D eigenvalue weighted by Gasteiger charge is 2.25. The average molecular weight is 404 g/mol. The molecule has 2 aromatic carbocycles. The Balaban J connectivity index is 1.43. The molecular weight excluding hydrogens is 380 g/mol. The van der Waals surface area contributed by atoms with Gasteiger partial charge in [-0.15, -0.1) is 0 Å². The number of nitrogens with zero attached hydrogens (tertiary/aromatic N) is 4. The van der Waals surface area contributed by atoms with Gasteiger partial charge in [0.1, 0.15) is 5.75 Å². The molecule has 0 saturated carbocycles. The Hall–Kier alpha value is -3.48. The van der Waals surface area contributed by atoms with Crippen LogP contribution in [0.5, 0.6) is 5.75 Å². The number of hydrogen-bond acceptors (Lipinski definition) is 5. The first kappa shape index (κ1) is 19.8. The summed E-state index contributed by atoms with van der Waals surface area (Å²) in [6, 6.07) is 12.5. The van der Waals surface area contributed by atoms with E-state index in [9.17, 15) is 9.59 Å². The van der Waals surface area contributed by atoms with Crippen LogP contribution >= 0.6 is 0 Å². The zero-order valence-electron chi connectivity index (χ0n) is 17.4. The molecule has 1 saturated heterocycles.